The Hall–Kier alpha value is -2.39. The summed E-state index contributed by atoms with van der Waals surface area (Å²) in [5.74, 6) is -1.78. The molecule has 3 rings (SSSR count). The molecule has 1 heterocycles. The largest absolute Gasteiger partial charge is 0.453 e. The monoisotopic (exact) mass is 421 g/mol. The van der Waals surface area contributed by atoms with Crippen molar-refractivity contribution in [1.82, 2.24) is 15.0 Å². The number of fused-ring (bicyclic) bond motifs is 1. The van der Waals surface area contributed by atoms with Gasteiger partial charge in [0.25, 0.3) is 0 Å². The van der Waals surface area contributed by atoms with Crippen molar-refractivity contribution in [2.24, 2.45) is 0 Å². The number of halogens is 6. The molecular formula is C16H9Cl2F4N3O2. The van der Waals surface area contributed by atoms with Gasteiger partial charge in [0, 0.05) is 6.07 Å². The Morgan fingerprint density at radius 3 is 2.56 bits per heavy atom. The third-order valence-corrected chi connectivity index (χ3v) is 4.28. The van der Waals surface area contributed by atoms with E-state index in [1.54, 1.807) is 0 Å². The van der Waals surface area contributed by atoms with Crippen molar-refractivity contribution in [1.29, 1.82) is 0 Å². The third kappa shape index (κ3) is 3.84. The Bertz CT molecular complexity index is 1010. The van der Waals surface area contributed by atoms with E-state index in [1.165, 1.54) is 29.8 Å². The van der Waals surface area contributed by atoms with Crippen LogP contribution in [-0.4, -0.2) is 20.2 Å². The molecule has 0 bridgehead atoms. The van der Waals surface area contributed by atoms with E-state index in [9.17, 15) is 22.4 Å². The van der Waals surface area contributed by atoms with Crippen LogP contribution in [0.1, 0.15) is 18.5 Å². The topological polar surface area (TPSA) is 57.0 Å². The summed E-state index contributed by atoms with van der Waals surface area (Å²) in [4.78, 5) is 11.4. The summed E-state index contributed by atoms with van der Waals surface area (Å²) in [5, 5.41) is 6.47. The van der Waals surface area contributed by atoms with E-state index in [-0.39, 0.29) is 5.75 Å². The maximum absolute atomic E-state index is 14.1. The molecule has 142 valence electrons. The summed E-state index contributed by atoms with van der Waals surface area (Å²) < 4.78 is 58.8. The summed E-state index contributed by atoms with van der Waals surface area (Å²) in [6.07, 6.45) is -4.75. The van der Waals surface area contributed by atoms with Crippen LogP contribution in [0.5, 0.6) is 11.5 Å². The summed E-state index contributed by atoms with van der Waals surface area (Å²) in [7, 11) is 0. The third-order valence-electron chi connectivity index (χ3n) is 3.68. The summed E-state index contributed by atoms with van der Waals surface area (Å²) in [6, 6.07) is 4.31. The second-order valence-electron chi connectivity index (χ2n) is 5.53. The Kier molecular flexibility index (Phi) is 5.00. The molecule has 3 aromatic rings. The first-order chi connectivity index (χ1) is 12.6. The lowest BCUT2D eigenvalue weighted by molar-refractivity contribution is -0.137. The average Bonchev–Trinajstić information content (AvgIpc) is 2.99. The van der Waals surface area contributed by atoms with Crippen molar-refractivity contribution < 1.29 is 27.1 Å². The molecule has 1 atom stereocenters. The van der Waals surface area contributed by atoms with Crippen molar-refractivity contribution in [3.63, 3.8) is 0 Å². The first-order valence-corrected chi connectivity index (χ1v) is 8.12. The molecule has 5 nitrogen and oxygen atoms in total. The summed E-state index contributed by atoms with van der Waals surface area (Å²) >= 11 is 11.2. The number of alkyl halides is 3. The van der Waals surface area contributed by atoms with Crippen LogP contribution in [0.3, 0.4) is 0 Å². The van der Waals surface area contributed by atoms with E-state index in [4.69, 9.17) is 27.9 Å². The normalized spacial score (nSPS) is 13.0. The van der Waals surface area contributed by atoms with Crippen LogP contribution < -0.4 is 4.74 Å². The van der Waals surface area contributed by atoms with Gasteiger partial charge in [0.15, 0.2) is 11.6 Å². The van der Waals surface area contributed by atoms with Crippen LogP contribution in [0.2, 0.25) is 5.02 Å². The van der Waals surface area contributed by atoms with Gasteiger partial charge in [-0.3, -0.25) is 4.79 Å². The number of carbonyl (C=O) groups is 1. The minimum Gasteiger partial charge on any atom is -0.453 e. The first kappa shape index (κ1) is 19.4. The Morgan fingerprint density at radius 2 is 1.96 bits per heavy atom. The zero-order chi connectivity index (χ0) is 19.9. The molecule has 27 heavy (non-hydrogen) atoms. The van der Waals surface area contributed by atoms with Crippen molar-refractivity contribution in [3.8, 4) is 11.5 Å². The Morgan fingerprint density at radius 1 is 1.26 bits per heavy atom. The standard InChI is InChI=1S/C16H9Cl2F4N3O2/c1-7(15(18)26)25-13-6-9(2-3-12(13)23-24-25)27-14-10(17)4-8(5-11(14)19)16(20,21)22/h2-7H,1H3. The van der Waals surface area contributed by atoms with Gasteiger partial charge in [-0.1, -0.05) is 16.8 Å². The lowest BCUT2D eigenvalue weighted by Crippen LogP contribution is -2.13. The Balaban J connectivity index is 2.00. The molecular weight excluding hydrogens is 413 g/mol. The van der Waals surface area contributed by atoms with E-state index >= 15 is 0 Å². The van der Waals surface area contributed by atoms with Gasteiger partial charge < -0.3 is 4.74 Å². The minimum absolute atomic E-state index is 0.0563. The number of benzene rings is 2. The highest BCUT2D eigenvalue weighted by Crippen LogP contribution is 2.39. The fourth-order valence-corrected chi connectivity index (χ4v) is 2.64. The first-order valence-electron chi connectivity index (χ1n) is 7.36. The van der Waals surface area contributed by atoms with Crippen LogP contribution in [-0.2, 0) is 11.0 Å². The molecule has 0 N–H and O–H groups in total. The molecule has 0 aliphatic rings. The molecule has 0 saturated carbocycles. The summed E-state index contributed by atoms with van der Waals surface area (Å²) in [6.45, 7) is 1.50. The highest BCUT2D eigenvalue weighted by molar-refractivity contribution is 6.64. The highest BCUT2D eigenvalue weighted by atomic mass is 35.5. The van der Waals surface area contributed by atoms with E-state index in [0.717, 1.165) is 0 Å². The fourth-order valence-electron chi connectivity index (χ4n) is 2.30. The molecule has 1 unspecified atom stereocenters. The molecule has 0 saturated heterocycles. The number of ether oxygens (including phenoxy) is 1. The number of hydrogen-bond acceptors (Lipinski definition) is 4. The summed E-state index contributed by atoms with van der Waals surface area (Å²) in [5.41, 5.74) is -0.465. The smallest absolute Gasteiger partial charge is 0.416 e. The molecule has 0 spiro atoms. The van der Waals surface area contributed by atoms with Crippen molar-refractivity contribution in [3.05, 3.63) is 46.7 Å². The lowest BCUT2D eigenvalue weighted by atomic mass is 10.2. The lowest BCUT2D eigenvalue weighted by Gasteiger charge is -2.13. The quantitative estimate of drug-likeness (QED) is 0.420. The molecule has 0 aliphatic heterocycles. The number of rotatable bonds is 4. The van der Waals surface area contributed by atoms with E-state index in [0.29, 0.717) is 23.2 Å². The highest BCUT2D eigenvalue weighted by Gasteiger charge is 2.32. The number of carbonyl (C=O) groups excluding carboxylic acids is 1. The molecule has 0 aliphatic carbocycles. The van der Waals surface area contributed by atoms with Crippen LogP contribution in [0.4, 0.5) is 17.6 Å². The molecule has 0 amide bonds. The van der Waals surface area contributed by atoms with E-state index < -0.39 is 39.6 Å². The molecule has 2 aromatic carbocycles. The molecule has 0 fully saturated rings. The van der Waals surface area contributed by atoms with Gasteiger partial charge in [-0.05, 0) is 42.8 Å². The van der Waals surface area contributed by atoms with Gasteiger partial charge >= 0.3 is 6.18 Å². The van der Waals surface area contributed by atoms with Gasteiger partial charge in [0.2, 0.25) is 5.24 Å². The van der Waals surface area contributed by atoms with Gasteiger partial charge in [-0.15, -0.1) is 5.10 Å². The van der Waals surface area contributed by atoms with Gasteiger partial charge in [0.1, 0.15) is 17.3 Å². The molecule has 0 radical (unpaired) electrons. The molecule has 11 heteroatoms. The van der Waals surface area contributed by atoms with Crippen LogP contribution >= 0.6 is 23.2 Å². The zero-order valence-corrected chi connectivity index (χ0v) is 14.9. The fraction of sp³-hybridized carbons (Fsp3) is 0.188. The number of hydrogen-bond donors (Lipinski definition) is 0. The zero-order valence-electron chi connectivity index (χ0n) is 13.4. The second kappa shape index (κ2) is 6.97. The average molecular weight is 422 g/mol. The van der Waals surface area contributed by atoms with Crippen LogP contribution in [0.15, 0.2) is 30.3 Å². The van der Waals surface area contributed by atoms with Gasteiger partial charge in [-0.25, -0.2) is 9.07 Å². The van der Waals surface area contributed by atoms with Crippen LogP contribution in [0.25, 0.3) is 11.0 Å². The minimum atomic E-state index is -4.75. The van der Waals surface area contributed by atoms with Crippen molar-refractivity contribution in [2.45, 2.75) is 19.1 Å². The number of aromatic nitrogens is 3. The number of nitrogens with zero attached hydrogens (tertiary/aromatic N) is 3. The van der Waals surface area contributed by atoms with E-state index in [2.05, 4.69) is 10.3 Å². The van der Waals surface area contributed by atoms with Crippen LogP contribution in [0, 0.1) is 5.82 Å². The maximum atomic E-state index is 14.1. The van der Waals surface area contributed by atoms with Gasteiger partial charge in [-0.2, -0.15) is 13.2 Å². The SMILES string of the molecule is CC(C(=O)Cl)n1nnc2ccc(Oc3c(F)cc(C(F)(F)F)cc3Cl)cc21. The van der Waals surface area contributed by atoms with Crippen molar-refractivity contribution >= 4 is 39.5 Å². The van der Waals surface area contributed by atoms with Gasteiger partial charge in [0.05, 0.1) is 16.1 Å². The van der Waals surface area contributed by atoms with Crippen molar-refractivity contribution in [2.75, 3.05) is 0 Å². The second-order valence-corrected chi connectivity index (χ2v) is 6.31. The maximum Gasteiger partial charge on any atom is 0.416 e. The predicted octanol–water partition coefficient (Wildman–Crippen LogP) is 5.36. The van der Waals surface area contributed by atoms with E-state index in [1.807, 2.05) is 0 Å². The predicted molar refractivity (Wildman–Crippen MR) is 89.6 cm³/mol. The Labute approximate surface area is 159 Å². The molecule has 1 aromatic heterocycles.